The van der Waals surface area contributed by atoms with Crippen LogP contribution in [0.1, 0.15) is 49.0 Å². The lowest BCUT2D eigenvalue weighted by Crippen LogP contribution is -2.44. The highest BCUT2D eigenvalue weighted by Gasteiger charge is 2.44. The van der Waals surface area contributed by atoms with Crippen LogP contribution in [0, 0.1) is 11.8 Å². The molecular formula is C19H24F3N3O3. The van der Waals surface area contributed by atoms with Gasteiger partial charge in [-0.3, -0.25) is 9.59 Å². The molecule has 0 aromatic carbocycles. The highest BCUT2D eigenvalue weighted by atomic mass is 19.4. The molecule has 9 heteroatoms. The second-order valence-electron chi connectivity index (χ2n) is 7.44. The van der Waals surface area contributed by atoms with Crippen molar-refractivity contribution in [3.8, 4) is 5.75 Å². The van der Waals surface area contributed by atoms with Crippen molar-refractivity contribution in [3.63, 3.8) is 0 Å². The zero-order valence-electron chi connectivity index (χ0n) is 15.5. The maximum atomic E-state index is 12.9. The molecule has 2 N–H and O–H groups in total. The van der Waals surface area contributed by atoms with Gasteiger partial charge in [0.05, 0.1) is 12.0 Å². The largest absolute Gasteiger partial charge is 0.489 e. The number of carbonyl (C=O) groups excluding carboxylic acids is 2. The molecule has 1 aliphatic heterocycles. The van der Waals surface area contributed by atoms with E-state index in [2.05, 4.69) is 4.98 Å². The lowest BCUT2D eigenvalue weighted by atomic mass is 9.81. The number of ether oxygens (including phenoxy) is 1. The molecule has 1 atom stereocenters. The fourth-order valence-electron chi connectivity index (χ4n) is 4.08. The number of likely N-dealkylation sites (tertiary alicyclic amines) is 1. The van der Waals surface area contributed by atoms with Crippen LogP contribution in [0.3, 0.4) is 0 Å². The molecule has 0 spiro atoms. The number of carbonyl (C=O) groups is 2. The van der Waals surface area contributed by atoms with Crippen LogP contribution in [0.4, 0.5) is 13.2 Å². The van der Waals surface area contributed by atoms with Crippen LogP contribution in [0.5, 0.6) is 5.75 Å². The zero-order valence-corrected chi connectivity index (χ0v) is 15.5. The summed E-state index contributed by atoms with van der Waals surface area (Å²) in [4.78, 5) is 29.9. The van der Waals surface area contributed by atoms with Crippen molar-refractivity contribution in [3.05, 3.63) is 24.0 Å². The quantitative estimate of drug-likeness (QED) is 0.825. The molecule has 0 radical (unpaired) electrons. The normalized spacial score (nSPS) is 25.5. The van der Waals surface area contributed by atoms with Crippen molar-refractivity contribution in [2.75, 3.05) is 13.2 Å². The summed E-state index contributed by atoms with van der Waals surface area (Å²) in [5.74, 6) is -2.18. The molecule has 1 aliphatic carbocycles. The maximum absolute atomic E-state index is 12.9. The van der Waals surface area contributed by atoms with Crippen LogP contribution in [0.25, 0.3) is 0 Å². The van der Waals surface area contributed by atoms with Gasteiger partial charge >= 0.3 is 6.18 Å². The van der Waals surface area contributed by atoms with Gasteiger partial charge in [0.2, 0.25) is 5.91 Å². The fraction of sp³-hybridized carbons (Fsp3) is 0.632. The van der Waals surface area contributed by atoms with E-state index in [0.717, 1.165) is 12.8 Å². The lowest BCUT2D eigenvalue weighted by molar-refractivity contribution is -0.185. The van der Waals surface area contributed by atoms with Gasteiger partial charge in [-0.05, 0) is 50.7 Å². The van der Waals surface area contributed by atoms with E-state index in [0.29, 0.717) is 6.54 Å². The van der Waals surface area contributed by atoms with Crippen molar-refractivity contribution in [2.24, 2.45) is 17.6 Å². The molecule has 2 amide bonds. The van der Waals surface area contributed by atoms with Gasteiger partial charge in [0, 0.05) is 18.7 Å². The molecule has 1 aromatic heterocycles. The van der Waals surface area contributed by atoms with E-state index in [-0.39, 0.29) is 61.6 Å². The minimum absolute atomic E-state index is 0.00652. The predicted octanol–water partition coefficient (Wildman–Crippen LogP) is 2.92. The number of alkyl halides is 3. The summed E-state index contributed by atoms with van der Waals surface area (Å²) in [6.07, 6.45) is -0.638. The van der Waals surface area contributed by atoms with E-state index in [4.69, 9.17) is 10.5 Å². The van der Waals surface area contributed by atoms with Gasteiger partial charge in [-0.1, -0.05) is 0 Å². The standard InChI is InChI=1S/C19H24F3N3O3/c20-19(21,22)13-7-5-12(6-8-13)18(27)25-10-2-3-14(25)11-28-15-4-1-9-24-16(15)17(23)26/h1,4,9,12-14H,2-3,5-8,10-11H2,(H2,23,26)/t12-,13+,14-/m1/s1. The van der Waals surface area contributed by atoms with Gasteiger partial charge in [-0.15, -0.1) is 0 Å². The Labute approximate surface area is 161 Å². The molecule has 0 unspecified atom stereocenters. The molecule has 3 rings (SSSR count). The van der Waals surface area contributed by atoms with Crippen molar-refractivity contribution in [2.45, 2.75) is 50.7 Å². The number of pyridine rings is 1. The van der Waals surface area contributed by atoms with Crippen LogP contribution >= 0.6 is 0 Å². The third-order valence-corrected chi connectivity index (χ3v) is 5.63. The van der Waals surface area contributed by atoms with Crippen LogP contribution in [-0.2, 0) is 4.79 Å². The molecule has 6 nitrogen and oxygen atoms in total. The van der Waals surface area contributed by atoms with Gasteiger partial charge in [0.15, 0.2) is 11.4 Å². The van der Waals surface area contributed by atoms with E-state index < -0.39 is 18.0 Å². The monoisotopic (exact) mass is 399 g/mol. The second-order valence-corrected chi connectivity index (χ2v) is 7.44. The third-order valence-electron chi connectivity index (χ3n) is 5.63. The average Bonchev–Trinajstić information content (AvgIpc) is 3.14. The topological polar surface area (TPSA) is 85.5 Å². The molecule has 0 bridgehead atoms. The Hall–Kier alpha value is -2.32. The number of nitrogens with two attached hydrogens (primary N) is 1. The first-order valence-corrected chi connectivity index (χ1v) is 9.52. The van der Waals surface area contributed by atoms with Gasteiger partial charge in [-0.25, -0.2) is 4.98 Å². The van der Waals surface area contributed by atoms with Crippen LogP contribution in [0.15, 0.2) is 18.3 Å². The summed E-state index contributed by atoms with van der Waals surface area (Å²) in [5.41, 5.74) is 5.32. The van der Waals surface area contributed by atoms with Gasteiger partial charge in [0.1, 0.15) is 6.61 Å². The lowest BCUT2D eigenvalue weighted by Gasteiger charge is -2.33. The summed E-state index contributed by atoms with van der Waals surface area (Å²) in [7, 11) is 0. The first-order chi connectivity index (χ1) is 13.3. The minimum Gasteiger partial charge on any atom is -0.489 e. The first kappa shape index (κ1) is 20.4. The van der Waals surface area contributed by atoms with Gasteiger partial charge in [-0.2, -0.15) is 13.2 Å². The first-order valence-electron chi connectivity index (χ1n) is 9.52. The molecule has 2 fully saturated rings. The number of hydrogen-bond acceptors (Lipinski definition) is 4. The van der Waals surface area contributed by atoms with E-state index in [1.54, 1.807) is 17.0 Å². The number of amides is 2. The number of primary amides is 1. The van der Waals surface area contributed by atoms with Crippen molar-refractivity contribution in [1.82, 2.24) is 9.88 Å². The number of rotatable bonds is 5. The molecular weight excluding hydrogens is 375 g/mol. The summed E-state index contributed by atoms with van der Waals surface area (Å²) >= 11 is 0. The van der Waals surface area contributed by atoms with E-state index in [1.165, 1.54) is 6.20 Å². The van der Waals surface area contributed by atoms with E-state index in [1.807, 2.05) is 0 Å². The molecule has 1 saturated heterocycles. The minimum atomic E-state index is -4.18. The number of nitrogens with zero attached hydrogens (tertiary/aromatic N) is 2. The number of hydrogen-bond donors (Lipinski definition) is 1. The highest BCUT2D eigenvalue weighted by Crippen LogP contribution is 2.40. The van der Waals surface area contributed by atoms with Crippen LogP contribution in [-0.4, -0.2) is 47.1 Å². The van der Waals surface area contributed by atoms with Crippen molar-refractivity contribution in [1.29, 1.82) is 0 Å². The second kappa shape index (κ2) is 8.36. The average molecular weight is 399 g/mol. The molecule has 1 saturated carbocycles. The molecule has 2 heterocycles. The highest BCUT2D eigenvalue weighted by molar-refractivity contribution is 5.93. The Kier molecular flexibility index (Phi) is 6.10. The number of aromatic nitrogens is 1. The van der Waals surface area contributed by atoms with Crippen molar-refractivity contribution >= 4 is 11.8 Å². The third kappa shape index (κ3) is 4.56. The Bertz CT molecular complexity index is 718. The van der Waals surface area contributed by atoms with Crippen molar-refractivity contribution < 1.29 is 27.5 Å². The summed E-state index contributed by atoms with van der Waals surface area (Å²) in [6.45, 7) is 0.761. The Balaban J connectivity index is 1.58. The van der Waals surface area contributed by atoms with Gasteiger partial charge < -0.3 is 15.4 Å². The Morgan fingerprint density at radius 3 is 2.57 bits per heavy atom. The van der Waals surface area contributed by atoms with Crippen LogP contribution < -0.4 is 10.5 Å². The number of halogens is 3. The fourth-order valence-corrected chi connectivity index (χ4v) is 4.08. The van der Waals surface area contributed by atoms with E-state index in [9.17, 15) is 22.8 Å². The van der Waals surface area contributed by atoms with Gasteiger partial charge in [0.25, 0.3) is 5.91 Å². The van der Waals surface area contributed by atoms with Crippen LogP contribution in [0.2, 0.25) is 0 Å². The summed E-state index contributed by atoms with van der Waals surface area (Å²) in [6, 6.07) is 3.04. The molecule has 1 aromatic rings. The molecule has 2 aliphatic rings. The summed E-state index contributed by atoms with van der Waals surface area (Å²) < 4.78 is 44.2. The maximum Gasteiger partial charge on any atom is 0.391 e. The SMILES string of the molecule is NC(=O)c1ncccc1OC[C@H]1CCCN1C(=O)[C@H]1CC[C@@H](C(F)(F)F)CC1. The Morgan fingerprint density at radius 1 is 1.21 bits per heavy atom. The van der Waals surface area contributed by atoms with E-state index >= 15 is 0 Å². The molecule has 154 valence electrons. The Morgan fingerprint density at radius 2 is 1.93 bits per heavy atom. The zero-order chi connectivity index (χ0) is 20.3. The molecule has 28 heavy (non-hydrogen) atoms. The predicted molar refractivity (Wildman–Crippen MR) is 94.5 cm³/mol. The summed E-state index contributed by atoms with van der Waals surface area (Å²) in [5, 5.41) is 0. The smallest absolute Gasteiger partial charge is 0.391 e.